The highest BCUT2D eigenvalue weighted by atomic mass is 16.6. The molecule has 1 fully saturated rings. The van der Waals surface area contributed by atoms with Crippen LogP contribution >= 0.6 is 0 Å². The lowest BCUT2D eigenvalue weighted by Gasteiger charge is -2.31. The Morgan fingerprint density at radius 2 is 1.63 bits per heavy atom. The van der Waals surface area contributed by atoms with Gasteiger partial charge in [0.05, 0.1) is 18.2 Å². The second-order valence-corrected chi connectivity index (χ2v) is 10.3. The number of nitrogens with zero attached hydrogens (tertiary/aromatic N) is 1. The molecule has 4 amide bonds. The van der Waals surface area contributed by atoms with Gasteiger partial charge in [-0.15, -0.1) is 0 Å². The molecule has 1 saturated heterocycles. The minimum Gasteiger partial charge on any atom is -0.447 e. The van der Waals surface area contributed by atoms with Crippen molar-refractivity contribution < 1.29 is 28.7 Å². The highest BCUT2D eigenvalue weighted by Gasteiger charge is 2.40. The zero-order valence-corrected chi connectivity index (χ0v) is 23.3. The molecule has 10 nitrogen and oxygen atoms in total. The molecular formula is C28H42N4O6. The first kappa shape index (κ1) is 30.8. The second-order valence-electron chi connectivity index (χ2n) is 10.3. The van der Waals surface area contributed by atoms with E-state index in [-0.39, 0.29) is 30.4 Å². The van der Waals surface area contributed by atoms with Crippen molar-refractivity contribution in [3.8, 4) is 0 Å². The molecule has 4 atom stereocenters. The summed E-state index contributed by atoms with van der Waals surface area (Å²) in [5.41, 5.74) is 0.857. The zero-order chi connectivity index (χ0) is 28.4. The molecule has 0 radical (unpaired) electrons. The van der Waals surface area contributed by atoms with E-state index in [2.05, 4.69) is 16.0 Å². The quantitative estimate of drug-likeness (QED) is 0.356. The highest BCUT2D eigenvalue weighted by Crippen LogP contribution is 2.21. The van der Waals surface area contributed by atoms with E-state index in [9.17, 15) is 24.0 Å². The van der Waals surface area contributed by atoms with Gasteiger partial charge in [0.15, 0.2) is 0 Å². The van der Waals surface area contributed by atoms with Crippen LogP contribution in [0.1, 0.15) is 78.8 Å². The van der Waals surface area contributed by atoms with Crippen LogP contribution in [0, 0.1) is 5.92 Å². The summed E-state index contributed by atoms with van der Waals surface area (Å²) >= 11 is 0. The number of rotatable bonds is 12. The van der Waals surface area contributed by atoms with Gasteiger partial charge in [-0.3, -0.25) is 19.2 Å². The van der Waals surface area contributed by atoms with Crippen molar-refractivity contribution in [2.45, 2.75) is 97.5 Å². The molecule has 1 aromatic carbocycles. The first-order valence-electron chi connectivity index (χ1n) is 13.4. The van der Waals surface area contributed by atoms with E-state index in [1.165, 1.54) is 4.90 Å². The number of nitrogens with one attached hydrogen (secondary N) is 3. The summed E-state index contributed by atoms with van der Waals surface area (Å²) in [6.07, 6.45) is 0.842. The van der Waals surface area contributed by atoms with Crippen LogP contribution in [0.2, 0.25) is 0 Å². The van der Waals surface area contributed by atoms with Gasteiger partial charge in [-0.25, -0.2) is 4.79 Å². The van der Waals surface area contributed by atoms with Gasteiger partial charge in [-0.1, -0.05) is 57.5 Å². The standard InChI is InChI=1S/C28H42N4O6/c1-7-12-21(24(33)26(35)29-19(6)20-13-9-8-10-14-20)30-25(34)22-15-11-16-32(22)27(36)23(17(2)3)31-28(37)38-18(4)5/h8-10,13-14,17-19,21-23H,7,11-12,15-16H2,1-6H3,(H,29,35)(H,30,34)(H,31,37)/t19-,21?,22?,23-/m0/s1. The molecule has 0 bridgehead atoms. The molecule has 2 unspecified atom stereocenters. The maximum absolute atomic E-state index is 13.4. The normalized spacial score (nSPS) is 17.5. The lowest BCUT2D eigenvalue weighted by atomic mass is 10.0. The average Bonchev–Trinajstić information content (AvgIpc) is 3.36. The highest BCUT2D eigenvalue weighted by molar-refractivity contribution is 6.38. The van der Waals surface area contributed by atoms with Gasteiger partial charge in [-0.2, -0.15) is 0 Å². The smallest absolute Gasteiger partial charge is 0.408 e. The topological polar surface area (TPSA) is 134 Å². The summed E-state index contributed by atoms with van der Waals surface area (Å²) in [5, 5.41) is 8.04. The Kier molecular flexibility index (Phi) is 11.7. The molecule has 0 saturated carbocycles. The van der Waals surface area contributed by atoms with Gasteiger partial charge in [0.2, 0.25) is 17.6 Å². The number of benzene rings is 1. The molecular weight excluding hydrogens is 488 g/mol. The third kappa shape index (κ3) is 8.56. The van der Waals surface area contributed by atoms with Crippen LogP contribution in [0.3, 0.4) is 0 Å². The average molecular weight is 531 g/mol. The van der Waals surface area contributed by atoms with Crippen LogP contribution in [0.25, 0.3) is 0 Å². The predicted molar refractivity (Wildman–Crippen MR) is 143 cm³/mol. The van der Waals surface area contributed by atoms with E-state index in [0.29, 0.717) is 25.8 Å². The fourth-order valence-electron chi connectivity index (χ4n) is 4.45. The van der Waals surface area contributed by atoms with E-state index in [1.54, 1.807) is 34.6 Å². The van der Waals surface area contributed by atoms with E-state index >= 15 is 0 Å². The van der Waals surface area contributed by atoms with Crippen molar-refractivity contribution in [3.63, 3.8) is 0 Å². The van der Waals surface area contributed by atoms with Crippen LogP contribution in [-0.2, 0) is 23.9 Å². The van der Waals surface area contributed by atoms with Crippen molar-refractivity contribution in [1.82, 2.24) is 20.9 Å². The Balaban J connectivity index is 2.09. The maximum Gasteiger partial charge on any atom is 0.408 e. The third-order valence-corrected chi connectivity index (χ3v) is 6.47. The van der Waals surface area contributed by atoms with Gasteiger partial charge < -0.3 is 25.6 Å². The summed E-state index contributed by atoms with van der Waals surface area (Å²) in [4.78, 5) is 66.0. The van der Waals surface area contributed by atoms with Crippen molar-refractivity contribution >= 4 is 29.6 Å². The molecule has 2 rings (SSSR count). The number of ketones is 1. The predicted octanol–water partition coefficient (Wildman–Crippen LogP) is 2.87. The number of hydrogen-bond donors (Lipinski definition) is 3. The summed E-state index contributed by atoms with van der Waals surface area (Å²) in [6.45, 7) is 11.0. The Morgan fingerprint density at radius 3 is 2.21 bits per heavy atom. The van der Waals surface area contributed by atoms with E-state index in [4.69, 9.17) is 4.74 Å². The SMILES string of the molecule is CCCC(NC(=O)C1CCCN1C(=O)[C@@H](NC(=O)OC(C)C)C(C)C)C(=O)C(=O)N[C@@H](C)c1ccccc1. The monoisotopic (exact) mass is 530 g/mol. The van der Waals surface area contributed by atoms with Crippen LogP contribution < -0.4 is 16.0 Å². The van der Waals surface area contributed by atoms with E-state index in [0.717, 1.165) is 5.56 Å². The fourth-order valence-corrected chi connectivity index (χ4v) is 4.45. The number of Topliss-reactive ketones (excluding diaryl/α,β-unsaturated/α-hetero) is 1. The Hall–Kier alpha value is -3.43. The molecule has 10 heteroatoms. The van der Waals surface area contributed by atoms with Gasteiger partial charge in [-0.05, 0) is 51.5 Å². The van der Waals surface area contributed by atoms with Crippen LogP contribution in [0.4, 0.5) is 4.79 Å². The largest absolute Gasteiger partial charge is 0.447 e. The van der Waals surface area contributed by atoms with E-state index < -0.39 is 41.8 Å². The van der Waals surface area contributed by atoms with Crippen molar-refractivity contribution in [1.29, 1.82) is 0 Å². The lowest BCUT2D eigenvalue weighted by Crippen LogP contribution is -2.57. The molecule has 1 aromatic rings. The number of carbonyl (C=O) groups is 5. The van der Waals surface area contributed by atoms with Crippen LogP contribution in [-0.4, -0.2) is 65.3 Å². The molecule has 1 aliphatic rings. The van der Waals surface area contributed by atoms with Crippen molar-refractivity contribution in [2.24, 2.45) is 5.92 Å². The Labute approximate surface area is 225 Å². The number of ether oxygens (including phenoxy) is 1. The second kappa shape index (κ2) is 14.5. The minimum atomic E-state index is -1.01. The number of carbonyl (C=O) groups excluding carboxylic acids is 5. The Bertz CT molecular complexity index is 981. The molecule has 0 aromatic heterocycles. The van der Waals surface area contributed by atoms with E-state index in [1.807, 2.05) is 37.3 Å². The Morgan fingerprint density at radius 1 is 0.974 bits per heavy atom. The van der Waals surface area contributed by atoms with Crippen molar-refractivity contribution in [2.75, 3.05) is 6.54 Å². The van der Waals surface area contributed by atoms with Crippen molar-refractivity contribution in [3.05, 3.63) is 35.9 Å². The first-order valence-corrected chi connectivity index (χ1v) is 13.4. The maximum atomic E-state index is 13.4. The minimum absolute atomic E-state index is 0.240. The number of likely N-dealkylation sites (tertiary alicyclic amines) is 1. The van der Waals surface area contributed by atoms with Gasteiger partial charge >= 0.3 is 6.09 Å². The number of alkyl carbamates (subject to hydrolysis) is 1. The van der Waals surface area contributed by atoms with Crippen LogP contribution in [0.15, 0.2) is 30.3 Å². The molecule has 3 N–H and O–H groups in total. The number of amides is 4. The number of hydrogen-bond acceptors (Lipinski definition) is 6. The summed E-state index contributed by atoms with van der Waals surface area (Å²) in [7, 11) is 0. The van der Waals surface area contributed by atoms with Gasteiger partial charge in [0.25, 0.3) is 5.91 Å². The zero-order valence-electron chi connectivity index (χ0n) is 23.3. The lowest BCUT2D eigenvalue weighted by molar-refractivity contribution is -0.143. The molecule has 1 heterocycles. The summed E-state index contributed by atoms with van der Waals surface area (Å²) in [6, 6.07) is 6.22. The summed E-state index contributed by atoms with van der Waals surface area (Å²) < 4.78 is 5.13. The molecule has 38 heavy (non-hydrogen) atoms. The fraction of sp³-hybridized carbons (Fsp3) is 0.607. The molecule has 0 spiro atoms. The van der Waals surface area contributed by atoms with Crippen LogP contribution in [0.5, 0.6) is 0 Å². The van der Waals surface area contributed by atoms with Gasteiger partial charge in [0.1, 0.15) is 12.1 Å². The first-order chi connectivity index (χ1) is 18.0. The summed E-state index contributed by atoms with van der Waals surface area (Å²) in [5.74, 6) is -2.61. The molecule has 1 aliphatic heterocycles. The third-order valence-electron chi connectivity index (χ3n) is 6.47. The molecule has 0 aliphatic carbocycles. The van der Waals surface area contributed by atoms with Gasteiger partial charge in [0, 0.05) is 6.54 Å². The molecule has 210 valence electrons.